The van der Waals surface area contributed by atoms with Gasteiger partial charge in [0, 0.05) is 48.0 Å². The maximum Gasteiger partial charge on any atom is 0.0639 e. The molecule has 2 N–H and O–H groups in total. The van der Waals surface area contributed by atoms with Crippen LogP contribution in [0.5, 0.6) is 0 Å². The Bertz CT molecular complexity index is 978. The molecule has 0 unspecified atom stereocenters. The maximum atomic E-state index is 10.3. The van der Waals surface area contributed by atoms with E-state index in [9.17, 15) is 5.11 Å². The van der Waals surface area contributed by atoms with Crippen molar-refractivity contribution >= 4 is 46.2 Å². The Labute approximate surface area is 219 Å². The molecule has 1 aliphatic heterocycles. The minimum absolute atomic E-state index is 0.00612. The molecule has 4 nitrogen and oxygen atoms in total. The van der Waals surface area contributed by atoms with Crippen molar-refractivity contribution in [3.8, 4) is 0 Å². The van der Waals surface area contributed by atoms with Crippen LogP contribution in [-0.2, 0) is 0 Å². The highest BCUT2D eigenvalue weighted by atomic mass is 35.5. The molecule has 4 rings (SSSR count). The van der Waals surface area contributed by atoms with Gasteiger partial charge in [0.1, 0.15) is 0 Å². The van der Waals surface area contributed by atoms with Gasteiger partial charge in [0.05, 0.1) is 22.4 Å². The molecule has 0 spiro atoms. The number of hydrogen-bond acceptors (Lipinski definition) is 4. The standard InChI is InChI=1S/C27H36Cl3N3O/c1-18(23-10-6-20(28)16-25(23)30)31-26-17-22(9-11-24(26)29)33-14-12-32(13-15-33)21-7-4-19(5-8-21)27(2,3)34/h6,9-11,16-19,21,31,34H,4-5,7-8,12-15H2,1-3H3/t18-,19?,21?/m0/s1. The summed E-state index contributed by atoms with van der Waals surface area (Å²) in [4.78, 5) is 5.09. The third-order valence-corrected chi connectivity index (χ3v) is 8.53. The number of hydrogen-bond donors (Lipinski definition) is 2. The van der Waals surface area contributed by atoms with E-state index in [1.165, 1.54) is 18.5 Å². The van der Waals surface area contributed by atoms with E-state index in [4.69, 9.17) is 34.8 Å². The summed E-state index contributed by atoms with van der Waals surface area (Å²) in [5.74, 6) is 0.426. The third-order valence-electron chi connectivity index (χ3n) is 7.64. The first-order valence-corrected chi connectivity index (χ1v) is 13.5. The number of rotatable bonds is 6. The quantitative estimate of drug-likeness (QED) is 0.417. The zero-order valence-electron chi connectivity index (χ0n) is 20.3. The molecule has 1 heterocycles. The fourth-order valence-corrected chi connectivity index (χ4v) is 6.22. The van der Waals surface area contributed by atoms with E-state index in [1.807, 2.05) is 32.0 Å². The lowest BCUT2D eigenvalue weighted by Crippen LogP contribution is -2.51. The van der Waals surface area contributed by atoms with Gasteiger partial charge >= 0.3 is 0 Å². The molecule has 2 aliphatic rings. The highest BCUT2D eigenvalue weighted by molar-refractivity contribution is 6.35. The van der Waals surface area contributed by atoms with Gasteiger partial charge < -0.3 is 15.3 Å². The van der Waals surface area contributed by atoms with Crippen molar-refractivity contribution in [3.05, 3.63) is 57.0 Å². The monoisotopic (exact) mass is 523 g/mol. The van der Waals surface area contributed by atoms with E-state index in [1.54, 1.807) is 6.07 Å². The average Bonchev–Trinajstić information content (AvgIpc) is 2.80. The molecule has 2 aromatic carbocycles. The highest BCUT2D eigenvalue weighted by Crippen LogP contribution is 2.36. The van der Waals surface area contributed by atoms with Crippen molar-refractivity contribution in [3.63, 3.8) is 0 Å². The van der Waals surface area contributed by atoms with Crippen LogP contribution in [0.1, 0.15) is 58.1 Å². The highest BCUT2D eigenvalue weighted by Gasteiger charge is 2.34. The Balaban J connectivity index is 1.35. The van der Waals surface area contributed by atoms with Gasteiger partial charge in [0.2, 0.25) is 0 Å². The maximum absolute atomic E-state index is 10.3. The van der Waals surface area contributed by atoms with Gasteiger partial charge in [-0.25, -0.2) is 0 Å². The van der Waals surface area contributed by atoms with E-state index in [2.05, 4.69) is 34.2 Å². The summed E-state index contributed by atoms with van der Waals surface area (Å²) >= 11 is 19.0. The molecule has 2 aromatic rings. The van der Waals surface area contributed by atoms with E-state index in [0.29, 0.717) is 27.0 Å². The molecule has 1 atom stereocenters. The molecule has 7 heteroatoms. The lowest BCUT2D eigenvalue weighted by molar-refractivity contribution is -0.0127. The van der Waals surface area contributed by atoms with Crippen molar-refractivity contribution in [1.29, 1.82) is 0 Å². The summed E-state index contributed by atoms with van der Waals surface area (Å²) in [7, 11) is 0. The second-order valence-electron chi connectivity index (χ2n) is 10.4. The second kappa shape index (κ2) is 10.8. The number of nitrogens with zero attached hydrogens (tertiary/aromatic N) is 2. The lowest BCUT2D eigenvalue weighted by atomic mass is 9.77. The van der Waals surface area contributed by atoms with Gasteiger partial charge in [-0.1, -0.05) is 40.9 Å². The fourth-order valence-electron chi connectivity index (χ4n) is 5.48. The molecule has 0 radical (unpaired) electrons. The number of aliphatic hydroxyl groups is 1. The van der Waals surface area contributed by atoms with E-state index < -0.39 is 5.60 Å². The minimum atomic E-state index is -0.555. The van der Waals surface area contributed by atoms with Crippen LogP contribution < -0.4 is 10.2 Å². The molecule has 186 valence electrons. The number of nitrogens with one attached hydrogen (secondary N) is 1. The van der Waals surface area contributed by atoms with Crippen LogP contribution in [0.3, 0.4) is 0 Å². The Kier molecular flexibility index (Phi) is 8.26. The molecule has 1 saturated carbocycles. The Morgan fingerprint density at radius 2 is 1.59 bits per heavy atom. The van der Waals surface area contributed by atoms with Gasteiger partial charge in [-0.3, -0.25) is 4.90 Å². The van der Waals surface area contributed by atoms with Crippen LogP contribution in [0, 0.1) is 5.92 Å². The summed E-state index contributed by atoms with van der Waals surface area (Å²) in [5.41, 5.74) is 2.53. The summed E-state index contributed by atoms with van der Waals surface area (Å²) in [6, 6.07) is 12.4. The van der Waals surface area contributed by atoms with Gasteiger partial charge in [-0.15, -0.1) is 0 Å². The van der Waals surface area contributed by atoms with Gasteiger partial charge in [0.15, 0.2) is 0 Å². The first kappa shape index (κ1) is 25.9. The Morgan fingerprint density at radius 3 is 2.21 bits per heavy atom. The molecule has 0 bridgehead atoms. The van der Waals surface area contributed by atoms with Gasteiger partial charge in [0.25, 0.3) is 0 Å². The normalized spacial score (nSPS) is 23.1. The van der Waals surface area contributed by atoms with Crippen LogP contribution in [0.25, 0.3) is 0 Å². The van der Waals surface area contributed by atoms with Crippen LogP contribution >= 0.6 is 34.8 Å². The third kappa shape index (κ3) is 6.14. The van der Waals surface area contributed by atoms with Crippen molar-refractivity contribution < 1.29 is 5.11 Å². The SMILES string of the molecule is C[C@H](Nc1cc(N2CCN(C3CCC(C(C)(C)O)CC3)CC2)ccc1Cl)c1ccc(Cl)cc1Cl. The largest absolute Gasteiger partial charge is 0.390 e. The predicted molar refractivity (Wildman–Crippen MR) is 146 cm³/mol. The first-order chi connectivity index (χ1) is 16.1. The Hall–Kier alpha value is -1.17. The van der Waals surface area contributed by atoms with Crippen molar-refractivity contribution in [2.45, 2.75) is 64.1 Å². The van der Waals surface area contributed by atoms with E-state index in [0.717, 1.165) is 50.3 Å². The smallest absolute Gasteiger partial charge is 0.0639 e. The van der Waals surface area contributed by atoms with Crippen molar-refractivity contribution in [2.75, 3.05) is 36.4 Å². The Morgan fingerprint density at radius 1 is 0.912 bits per heavy atom. The molecular formula is C27H36Cl3N3O. The van der Waals surface area contributed by atoms with E-state index >= 15 is 0 Å². The molecule has 1 aliphatic carbocycles. The van der Waals surface area contributed by atoms with Gasteiger partial charge in [-0.05, 0) is 88.3 Å². The van der Waals surface area contributed by atoms with Crippen molar-refractivity contribution in [2.24, 2.45) is 5.92 Å². The topological polar surface area (TPSA) is 38.7 Å². The summed E-state index contributed by atoms with van der Waals surface area (Å²) < 4.78 is 0. The fraction of sp³-hybridized carbons (Fsp3) is 0.556. The summed E-state index contributed by atoms with van der Waals surface area (Å²) in [6.07, 6.45) is 4.62. The minimum Gasteiger partial charge on any atom is -0.390 e. The summed E-state index contributed by atoms with van der Waals surface area (Å²) in [5, 5.41) is 15.8. The number of anilines is 2. The first-order valence-electron chi connectivity index (χ1n) is 12.3. The molecule has 0 aromatic heterocycles. The number of piperazine rings is 1. The molecule has 0 amide bonds. The molecule has 2 fully saturated rings. The number of benzene rings is 2. The van der Waals surface area contributed by atoms with Crippen LogP contribution in [0.15, 0.2) is 36.4 Å². The summed E-state index contributed by atoms with van der Waals surface area (Å²) in [6.45, 7) is 10.1. The number of halogens is 3. The molecule has 34 heavy (non-hydrogen) atoms. The average molecular weight is 525 g/mol. The lowest BCUT2D eigenvalue weighted by Gasteiger charge is -2.44. The van der Waals surface area contributed by atoms with Crippen LogP contribution in [-0.4, -0.2) is 47.8 Å². The van der Waals surface area contributed by atoms with Crippen molar-refractivity contribution in [1.82, 2.24) is 4.90 Å². The van der Waals surface area contributed by atoms with Gasteiger partial charge in [-0.2, -0.15) is 0 Å². The van der Waals surface area contributed by atoms with Crippen LogP contribution in [0.4, 0.5) is 11.4 Å². The van der Waals surface area contributed by atoms with Crippen LogP contribution in [0.2, 0.25) is 15.1 Å². The predicted octanol–water partition coefficient (Wildman–Crippen LogP) is 7.27. The van der Waals surface area contributed by atoms with E-state index in [-0.39, 0.29) is 6.04 Å². The zero-order valence-corrected chi connectivity index (χ0v) is 22.6. The second-order valence-corrected chi connectivity index (χ2v) is 11.6. The molecular weight excluding hydrogens is 489 g/mol. The zero-order chi connectivity index (χ0) is 24.5. The molecule has 1 saturated heterocycles.